The fourth-order valence-electron chi connectivity index (χ4n) is 1.44. The minimum absolute atomic E-state index is 0.111. The van der Waals surface area contributed by atoms with E-state index >= 15 is 0 Å². The predicted molar refractivity (Wildman–Crippen MR) is 59.8 cm³/mol. The van der Waals surface area contributed by atoms with Crippen LogP contribution in [0.3, 0.4) is 0 Å². The molecule has 0 saturated heterocycles. The highest BCUT2D eigenvalue weighted by Crippen LogP contribution is 2.26. The molecule has 0 saturated carbocycles. The highest BCUT2D eigenvalue weighted by molar-refractivity contribution is 9.10. The standard InChI is InChI=1S/C10H9BrN2O/c1-2-12-9-7-5-6(11)3-4-8(7)13-10(9)14/h3-5H,2H2,1H3,(H,12,13,14). The summed E-state index contributed by atoms with van der Waals surface area (Å²) in [4.78, 5) is 15.6. The molecule has 0 radical (unpaired) electrons. The van der Waals surface area contributed by atoms with Gasteiger partial charge in [-0.25, -0.2) is 0 Å². The molecule has 72 valence electrons. The zero-order chi connectivity index (χ0) is 10.1. The van der Waals surface area contributed by atoms with Crippen LogP contribution in [0.15, 0.2) is 27.7 Å². The molecule has 0 aliphatic carbocycles. The molecule has 3 nitrogen and oxygen atoms in total. The van der Waals surface area contributed by atoms with Crippen LogP contribution in [0, 0.1) is 0 Å². The Hall–Kier alpha value is -1.16. The van der Waals surface area contributed by atoms with Crippen LogP contribution in [0.1, 0.15) is 12.5 Å². The van der Waals surface area contributed by atoms with Gasteiger partial charge < -0.3 is 5.32 Å². The zero-order valence-corrected chi connectivity index (χ0v) is 9.26. The van der Waals surface area contributed by atoms with Crippen molar-refractivity contribution < 1.29 is 4.79 Å². The molecule has 2 rings (SSSR count). The second-order valence-corrected chi connectivity index (χ2v) is 3.88. The Balaban J connectivity index is 2.55. The highest BCUT2D eigenvalue weighted by atomic mass is 79.9. The molecule has 14 heavy (non-hydrogen) atoms. The summed E-state index contributed by atoms with van der Waals surface area (Å²) in [5.74, 6) is -0.111. The number of aliphatic imine (C=N–C) groups is 1. The third kappa shape index (κ3) is 1.46. The van der Waals surface area contributed by atoms with Crippen LogP contribution in [-0.4, -0.2) is 18.2 Å². The molecule has 4 heteroatoms. The molecule has 1 heterocycles. The summed E-state index contributed by atoms with van der Waals surface area (Å²) < 4.78 is 0.955. The Morgan fingerprint density at radius 2 is 2.29 bits per heavy atom. The maximum Gasteiger partial charge on any atom is 0.274 e. The van der Waals surface area contributed by atoms with E-state index in [1.807, 2.05) is 25.1 Å². The van der Waals surface area contributed by atoms with Crippen molar-refractivity contribution >= 4 is 33.2 Å². The summed E-state index contributed by atoms with van der Waals surface area (Å²) in [6.07, 6.45) is 0. The van der Waals surface area contributed by atoms with Gasteiger partial charge >= 0.3 is 0 Å². The van der Waals surface area contributed by atoms with Crippen LogP contribution < -0.4 is 5.32 Å². The Bertz CT molecular complexity index is 426. The van der Waals surface area contributed by atoms with E-state index in [0.29, 0.717) is 12.3 Å². The number of anilines is 1. The quantitative estimate of drug-likeness (QED) is 0.819. The van der Waals surface area contributed by atoms with Crippen LogP contribution in [0.25, 0.3) is 0 Å². The van der Waals surface area contributed by atoms with Gasteiger partial charge in [0.1, 0.15) is 5.71 Å². The molecule has 1 aliphatic heterocycles. The number of halogens is 1. The van der Waals surface area contributed by atoms with Crippen LogP contribution in [0.4, 0.5) is 5.69 Å². The van der Waals surface area contributed by atoms with E-state index in [2.05, 4.69) is 26.2 Å². The number of fused-ring (bicyclic) bond motifs is 1. The van der Waals surface area contributed by atoms with Gasteiger partial charge in [0, 0.05) is 16.6 Å². The van der Waals surface area contributed by atoms with Gasteiger partial charge in [-0.3, -0.25) is 9.79 Å². The van der Waals surface area contributed by atoms with Gasteiger partial charge in [-0.2, -0.15) is 0 Å². The van der Waals surface area contributed by atoms with Crippen molar-refractivity contribution in [3.05, 3.63) is 28.2 Å². The Kier molecular flexibility index (Phi) is 2.37. The molecule has 1 aliphatic rings. The van der Waals surface area contributed by atoms with Crippen molar-refractivity contribution in [3.63, 3.8) is 0 Å². The zero-order valence-electron chi connectivity index (χ0n) is 7.67. The van der Waals surface area contributed by atoms with E-state index in [-0.39, 0.29) is 5.91 Å². The van der Waals surface area contributed by atoms with Crippen LogP contribution in [0.2, 0.25) is 0 Å². The van der Waals surface area contributed by atoms with Crippen LogP contribution in [-0.2, 0) is 4.79 Å². The van der Waals surface area contributed by atoms with E-state index in [4.69, 9.17) is 0 Å². The molecule has 1 aromatic rings. The van der Waals surface area contributed by atoms with Gasteiger partial charge in [-0.05, 0) is 25.1 Å². The van der Waals surface area contributed by atoms with Gasteiger partial charge in [0.15, 0.2) is 0 Å². The van der Waals surface area contributed by atoms with E-state index in [1.54, 1.807) is 0 Å². The van der Waals surface area contributed by atoms with E-state index in [0.717, 1.165) is 15.7 Å². The van der Waals surface area contributed by atoms with Crippen LogP contribution >= 0.6 is 15.9 Å². The minimum atomic E-state index is -0.111. The molecule has 0 aromatic heterocycles. The van der Waals surface area contributed by atoms with Gasteiger partial charge in [0.2, 0.25) is 0 Å². The van der Waals surface area contributed by atoms with Gasteiger partial charge in [-0.1, -0.05) is 15.9 Å². The summed E-state index contributed by atoms with van der Waals surface area (Å²) in [7, 11) is 0. The molecule has 1 amide bonds. The summed E-state index contributed by atoms with van der Waals surface area (Å²) in [5.41, 5.74) is 2.25. The monoisotopic (exact) mass is 252 g/mol. The second-order valence-electron chi connectivity index (χ2n) is 2.97. The minimum Gasteiger partial charge on any atom is -0.320 e. The number of nitrogens with one attached hydrogen (secondary N) is 1. The molecule has 0 unspecified atom stereocenters. The number of hydrogen-bond donors (Lipinski definition) is 1. The van der Waals surface area contributed by atoms with Gasteiger partial charge in [0.25, 0.3) is 5.91 Å². The Labute approximate surface area is 90.4 Å². The highest BCUT2D eigenvalue weighted by Gasteiger charge is 2.25. The van der Waals surface area contributed by atoms with Crippen molar-refractivity contribution in [1.82, 2.24) is 0 Å². The predicted octanol–water partition coefficient (Wildman–Crippen LogP) is 2.21. The summed E-state index contributed by atoms with van der Waals surface area (Å²) in [6.45, 7) is 2.53. The van der Waals surface area contributed by atoms with Gasteiger partial charge in [0.05, 0.1) is 5.69 Å². The number of amides is 1. The van der Waals surface area contributed by atoms with Crippen molar-refractivity contribution in [1.29, 1.82) is 0 Å². The van der Waals surface area contributed by atoms with E-state index < -0.39 is 0 Å². The molecule has 0 atom stereocenters. The lowest BCUT2D eigenvalue weighted by molar-refractivity contribution is -0.110. The Morgan fingerprint density at radius 3 is 3.00 bits per heavy atom. The van der Waals surface area contributed by atoms with E-state index in [9.17, 15) is 4.79 Å². The Morgan fingerprint density at radius 1 is 1.50 bits per heavy atom. The number of nitrogens with zero attached hydrogens (tertiary/aromatic N) is 1. The maximum absolute atomic E-state index is 11.5. The average molecular weight is 253 g/mol. The van der Waals surface area contributed by atoms with Crippen molar-refractivity contribution in [2.24, 2.45) is 4.99 Å². The van der Waals surface area contributed by atoms with Crippen molar-refractivity contribution in [2.45, 2.75) is 6.92 Å². The lowest BCUT2D eigenvalue weighted by atomic mass is 10.1. The number of benzene rings is 1. The number of carbonyl (C=O) groups excluding carboxylic acids is 1. The third-order valence-electron chi connectivity index (χ3n) is 2.02. The van der Waals surface area contributed by atoms with Crippen molar-refractivity contribution in [3.8, 4) is 0 Å². The fourth-order valence-corrected chi connectivity index (χ4v) is 1.80. The first-order valence-electron chi connectivity index (χ1n) is 4.38. The SMILES string of the molecule is CCN=C1C(=O)Nc2ccc(Br)cc21. The average Bonchev–Trinajstić information content (AvgIpc) is 2.45. The fraction of sp³-hybridized carbons (Fsp3) is 0.200. The third-order valence-corrected chi connectivity index (χ3v) is 2.51. The first-order chi connectivity index (χ1) is 6.72. The van der Waals surface area contributed by atoms with Crippen molar-refractivity contribution in [2.75, 3.05) is 11.9 Å². The molecular weight excluding hydrogens is 244 g/mol. The molecule has 1 aromatic carbocycles. The van der Waals surface area contributed by atoms with Crippen LogP contribution in [0.5, 0.6) is 0 Å². The number of rotatable bonds is 1. The first kappa shape index (κ1) is 9.40. The topological polar surface area (TPSA) is 41.5 Å². The van der Waals surface area contributed by atoms with Gasteiger partial charge in [-0.15, -0.1) is 0 Å². The first-order valence-corrected chi connectivity index (χ1v) is 5.17. The number of carbonyl (C=O) groups is 1. The maximum atomic E-state index is 11.5. The molecular formula is C10H9BrN2O. The lowest BCUT2D eigenvalue weighted by Gasteiger charge is -1.97. The smallest absolute Gasteiger partial charge is 0.274 e. The summed E-state index contributed by atoms with van der Waals surface area (Å²) in [6, 6.07) is 5.67. The van der Waals surface area contributed by atoms with E-state index in [1.165, 1.54) is 0 Å². The lowest BCUT2D eigenvalue weighted by Crippen LogP contribution is -2.14. The largest absolute Gasteiger partial charge is 0.320 e. The molecule has 1 N–H and O–H groups in total. The molecule has 0 fully saturated rings. The molecule has 0 spiro atoms. The normalized spacial score (nSPS) is 17.0. The summed E-state index contributed by atoms with van der Waals surface area (Å²) in [5, 5.41) is 2.77. The number of hydrogen-bond acceptors (Lipinski definition) is 2. The second kappa shape index (κ2) is 3.53. The molecule has 0 bridgehead atoms. The summed E-state index contributed by atoms with van der Waals surface area (Å²) >= 11 is 3.37.